The Morgan fingerprint density at radius 3 is 2.93 bits per heavy atom. The van der Waals surface area contributed by atoms with Crippen LogP contribution >= 0.6 is 11.6 Å². The Bertz CT molecular complexity index is 325. The monoisotopic (exact) mass is 213 g/mol. The van der Waals surface area contributed by atoms with E-state index in [0.29, 0.717) is 5.02 Å². The molecule has 3 heteroatoms. The molecule has 0 spiro atoms. The van der Waals surface area contributed by atoms with Gasteiger partial charge in [-0.3, -0.25) is 0 Å². The van der Waals surface area contributed by atoms with Crippen molar-refractivity contribution in [3.05, 3.63) is 47.3 Å². The Morgan fingerprint density at radius 2 is 2.36 bits per heavy atom. The van der Waals surface area contributed by atoms with Crippen LogP contribution in [0.25, 0.3) is 0 Å². The molecule has 14 heavy (non-hydrogen) atoms. The lowest BCUT2D eigenvalue weighted by atomic mass is 10.0. The van der Waals surface area contributed by atoms with Crippen LogP contribution in [0.15, 0.2) is 30.9 Å². The predicted molar refractivity (Wildman–Crippen MR) is 58.0 cm³/mol. The van der Waals surface area contributed by atoms with E-state index in [-0.39, 0.29) is 11.9 Å². The highest BCUT2D eigenvalue weighted by molar-refractivity contribution is 6.31. The average Bonchev–Trinajstić information content (AvgIpc) is 2.18. The van der Waals surface area contributed by atoms with E-state index >= 15 is 0 Å². The van der Waals surface area contributed by atoms with E-state index < -0.39 is 0 Å². The van der Waals surface area contributed by atoms with E-state index in [1.165, 1.54) is 12.1 Å². The average molecular weight is 214 g/mol. The van der Waals surface area contributed by atoms with Crippen LogP contribution in [0.3, 0.4) is 0 Å². The van der Waals surface area contributed by atoms with Gasteiger partial charge in [0, 0.05) is 11.1 Å². The van der Waals surface area contributed by atoms with Crippen LogP contribution in [0.1, 0.15) is 18.0 Å². The molecule has 0 aliphatic heterocycles. The smallest absolute Gasteiger partial charge is 0.123 e. The molecule has 1 nitrogen and oxygen atoms in total. The van der Waals surface area contributed by atoms with Crippen LogP contribution in [-0.4, -0.2) is 7.05 Å². The Morgan fingerprint density at radius 1 is 1.64 bits per heavy atom. The SMILES string of the molecule is C=CCC(NC)c1cc(F)ccc1Cl. The lowest BCUT2D eigenvalue weighted by Crippen LogP contribution is -2.16. The van der Waals surface area contributed by atoms with Crippen molar-refractivity contribution in [2.24, 2.45) is 0 Å². The van der Waals surface area contributed by atoms with Gasteiger partial charge in [-0.25, -0.2) is 4.39 Å². The highest BCUT2D eigenvalue weighted by Crippen LogP contribution is 2.25. The maximum Gasteiger partial charge on any atom is 0.123 e. The summed E-state index contributed by atoms with van der Waals surface area (Å²) in [5, 5.41) is 3.64. The molecule has 0 aromatic heterocycles. The third-order valence-electron chi connectivity index (χ3n) is 2.08. The molecule has 0 heterocycles. The fourth-order valence-electron chi connectivity index (χ4n) is 1.35. The Labute approximate surface area is 88.6 Å². The summed E-state index contributed by atoms with van der Waals surface area (Å²) in [4.78, 5) is 0. The number of nitrogens with one attached hydrogen (secondary N) is 1. The first-order valence-corrected chi connectivity index (χ1v) is 4.80. The minimum Gasteiger partial charge on any atom is -0.313 e. The standard InChI is InChI=1S/C11H13ClFN/c1-3-4-11(14-2)9-7-8(13)5-6-10(9)12/h3,5-7,11,14H,1,4H2,2H3. The second-order valence-corrected chi connectivity index (χ2v) is 3.44. The second-order valence-electron chi connectivity index (χ2n) is 3.03. The van der Waals surface area contributed by atoms with Crippen LogP contribution in [0.5, 0.6) is 0 Å². The molecule has 0 bridgehead atoms. The zero-order valence-electron chi connectivity index (χ0n) is 8.06. The third-order valence-corrected chi connectivity index (χ3v) is 2.43. The number of benzene rings is 1. The first-order chi connectivity index (χ1) is 6.69. The highest BCUT2D eigenvalue weighted by Gasteiger charge is 2.11. The number of halogens is 2. The Hall–Kier alpha value is -0.860. The summed E-state index contributed by atoms with van der Waals surface area (Å²) in [5.41, 5.74) is 0.772. The maximum atomic E-state index is 13.0. The van der Waals surface area contributed by atoms with Crippen LogP contribution in [0.4, 0.5) is 4.39 Å². The van der Waals surface area contributed by atoms with Gasteiger partial charge in [-0.15, -0.1) is 6.58 Å². The minimum atomic E-state index is -0.270. The van der Waals surface area contributed by atoms with Crippen molar-refractivity contribution in [1.29, 1.82) is 0 Å². The fourth-order valence-corrected chi connectivity index (χ4v) is 1.60. The first-order valence-electron chi connectivity index (χ1n) is 4.42. The van der Waals surface area contributed by atoms with E-state index in [1.807, 2.05) is 7.05 Å². The number of rotatable bonds is 4. The van der Waals surface area contributed by atoms with Crippen LogP contribution in [0, 0.1) is 5.82 Å². The van der Waals surface area contributed by atoms with Gasteiger partial charge in [0.25, 0.3) is 0 Å². The van der Waals surface area contributed by atoms with Crippen molar-refractivity contribution in [3.8, 4) is 0 Å². The Kier molecular flexibility index (Phi) is 4.11. The lowest BCUT2D eigenvalue weighted by Gasteiger charge is -2.15. The van der Waals surface area contributed by atoms with Crippen LogP contribution in [-0.2, 0) is 0 Å². The van der Waals surface area contributed by atoms with Crippen LogP contribution < -0.4 is 5.32 Å². The highest BCUT2D eigenvalue weighted by atomic mass is 35.5. The fraction of sp³-hybridized carbons (Fsp3) is 0.273. The summed E-state index contributed by atoms with van der Waals surface area (Å²) in [6.07, 6.45) is 2.50. The maximum absolute atomic E-state index is 13.0. The summed E-state index contributed by atoms with van der Waals surface area (Å²) in [7, 11) is 1.81. The molecule has 1 aromatic rings. The topological polar surface area (TPSA) is 12.0 Å². The van der Waals surface area contributed by atoms with Gasteiger partial charge in [-0.2, -0.15) is 0 Å². The number of hydrogen-bond acceptors (Lipinski definition) is 1. The second kappa shape index (κ2) is 5.13. The lowest BCUT2D eigenvalue weighted by molar-refractivity contribution is 0.586. The van der Waals surface area contributed by atoms with Gasteiger partial charge in [0.2, 0.25) is 0 Å². The van der Waals surface area contributed by atoms with Crippen molar-refractivity contribution in [1.82, 2.24) is 5.32 Å². The van der Waals surface area contributed by atoms with Gasteiger partial charge in [-0.05, 0) is 37.2 Å². The summed E-state index contributed by atoms with van der Waals surface area (Å²) >= 11 is 5.96. The molecule has 1 rings (SSSR count). The molecule has 0 aliphatic carbocycles. The molecule has 0 aliphatic rings. The molecule has 0 radical (unpaired) electrons. The van der Waals surface area contributed by atoms with Crippen LogP contribution in [0.2, 0.25) is 5.02 Å². The van der Waals surface area contributed by atoms with E-state index in [0.717, 1.165) is 12.0 Å². The van der Waals surface area contributed by atoms with Gasteiger partial charge < -0.3 is 5.32 Å². The van der Waals surface area contributed by atoms with E-state index in [9.17, 15) is 4.39 Å². The summed E-state index contributed by atoms with van der Waals surface area (Å²) in [5.74, 6) is -0.270. The molecule has 1 N–H and O–H groups in total. The molecule has 1 aromatic carbocycles. The molecule has 0 fully saturated rings. The van der Waals surface area contributed by atoms with Gasteiger partial charge in [0.05, 0.1) is 0 Å². The molecule has 76 valence electrons. The molecule has 0 amide bonds. The molecule has 1 unspecified atom stereocenters. The van der Waals surface area contributed by atoms with Gasteiger partial charge in [0.15, 0.2) is 0 Å². The van der Waals surface area contributed by atoms with E-state index in [1.54, 1.807) is 12.1 Å². The summed E-state index contributed by atoms with van der Waals surface area (Å²) in [6, 6.07) is 4.40. The normalized spacial score (nSPS) is 12.5. The van der Waals surface area contributed by atoms with E-state index in [2.05, 4.69) is 11.9 Å². The Balaban J connectivity index is 3.01. The van der Waals surface area contributed by atoms with Crippen molar-refractivity contribution in [3.63, 3.8) is 0 Å². The molecular weight excluding hydrogens is 201 g/mol. The molecule has 0 saturated carbocycles. The molecular formula is C11H13ClFN. The zero-order valence-corrected chi connectivity index (χ0v) is 8.81. The first kappa shape index (κ1) is 11.2. The predicted octanol–water partition coefficient (Wildman–Crippen LogP) is 3.32. The molecule has 1 atom stereocenters. The quantitative estimate of drug-likeness (QED) is 0.757. The summed E-state index contributed by atoms with van der Waals surface area (Å²) in [6.45, 7) is 3.65. The van der Waals surface area contributed by atoms with Gasteiger partial charge >= 0.3 is 0 Å². The summed E-state index contributed by atoms with van der Waals surface area (Å²) < 4.78 is 13.0. The molecule has 0 saturated heterocycles. The van der Waals surface area contributed by atoms with Gasteiger partial charge in [-0.1, -0.05) is 17.7 Å². The minimum absolute atomic E-state index is 0.0238. The van der Waals surface area contributed by atoms with Crippen molar-refractivity contribution < 1.29 is 4.39 Å². The van der Waals surface area contributed by atoms with Crippen molar-refractivity contribution in [2.45, 2.75) is 12.5 Å². The van der Waals surface area contributed by atoms with E-state index in [4.69, 9.17) is 11.6 Å². The third kappa shape index (κ3) is 2.56. The van der Waals surface area contributed by atoms with Crippen molar-refractivity contribution in [2.75, 3.05) is 7.05 Å². The van der Waals surface area contributed by atoms with Crippen molar-refractivity contribution >= 4 is 11.6 Å². The number of hydrogen-bond donors (Lipinski definition) is 1. The zero-order chi connectivity index (χ0) is 10.6. The largest absolute Gasteiger partial charge is 0.313 e. The van der Waals surface area contributed by atoms with Gasteiger partial charge in [0.1, 0.15) is 5.82 Å².